The van der Waals surface area contributed by atoms with Gasteiger partial charge in [0.1, 0.15) is 0 Å². The molecule has 0 aliphatic rings. The zero-order valence-corrected chi connectivity index (χ0v) is 11.9. The standard InChI is InChI=1S/C14H20N2OS/c1-14(2,17-3)12(15)9-18-13-8-10-6-4-5-7-11(10)16-13/h4-8,12,16H,9,15H2,1-3H3. The molecule has 0 bridgehead atoms. The van der Waals surface area contributed by atoms with Crippen molar-refractivity contribution in [1.29, 1.82) is 0 Å². The number of fused-ring (bicyclic) bond motifs is 1. The summed E-state index contributed by atoms with van der Waals surface area (Å²) in [5, 5.41) is 2.39. The highest BCUT2D eigenvalue weighted by Gasteiger charge is 2.25. The quantitative estimate of drug-likeness (QED) is 0.816. The topological polar surface area (TPSA) is 51.0 Å². The van der Waals surface area contributed by atoms with Crippen molar-refractivity contribution in [3.05, 3.63) is 30.3 Å². The van der Waals surface area contributed by atoms with Crippen LogP contribution in [-0.4, -0.2) is 29.5 Å². The van der Waals surface area contributed by atoms with Crippen LogP contribution in [0.25, 0.3) is 10.9 Å². The maximum atomic E-state index is 6.14. The Kier molecular flexibility index (Phi) is 4.00. The van der Waals surface area contributed by atoms with Gasteiger partial charge in [-0.2, -0.15) is 0 Å². The maximum absolute atomic E-state index is 6.14. The van der Waals surface area contributed by atoms with Crippen LogP contribution in [0.4, 0.5) is 0 Å². The summed E-state index contributed by atoms with van der Waals surface area (Å²) in [5.41, 5.74) is 7.02. The third-order valence-corrected chi connectivity index (χ3v) is 4.40. The molecule has 4 heteroatoms. The number of hydrogen-bond acceptors (Lipinski definition) is 3. The van der Waals surface area contributed by atoms with E-state index in [0.717, 1.165) is 10.8 Å². The number of ether oxygens (including phenoxy) is 1. The summed E-state index contributed by atoms with van der Waals surface area (Å²) in [6, 6.07) is 10.4. The molecule has 1 heterocycles. The van der Waals surface area contributed by atoms with Crippen molar-refractivity contribution in [2.45, 2.75) is 30.5 Å². The fourth-order valence-electron chi connectivity index (χ4n) is 1.66. The Morgan fingerprint density at radius 2 is 2.11 bits per heavy atom. The van der Waals surface area contributed by atoms with Crippen molar-refractivity contribution in [3.63, 3.8) is 0 Å². The predicted octanol–water partition coefficient (Wildman–Crippen LogP) is 3.01. The number of thioether (sulfide) groups is 1. The van der Waals surface area contributed by atoms with E-state index in [0.29, 0.717) is 0 Å². The van der Waals surface area contributed by atoms with Gasteiger partial charge in [0.2, 0.25) is 0 Å². The van der Waals surface area contributed by atoms with Crippen LogP contribution < -0.4 is 5.73 Å². The Bertz CT molecular complexity index is 488. The van der Waals surface area contributed by atoms with E-state index in [9.17, 15) is 0 Å². The summed E-state index contributed by atoms with van der Waals surface area (Å²) < 4.78 is 5.40. The van der Waals surface area contributed by atoms with E-state index in [1.807, 2.05) is 26.0 Å². The van der Waals surface area contributed by atoms with Crippen LogP contribution >= 0.6 is 11.8 Å². The first-order valence-electron chi connectivity index (χ1n) is 6.04. The number of para-hydroxylation sites is 1. The lowest BCUT2D eigenvalue weighted by Crippen LogP contribution is -2.46. The second kappa shape index (κ2) is 5.34. The fourth-order valence-corrected chi connectivity index (χ4v) is 2.81. The van der Waals surface area contributed by atoms with Crippen molar-refractivity contribution in [2.75, 3.05) is 12.9 Å². The molecule has 0 aliphatic carbocycles. The van der Waals surface area contributed by atoms with Crippen LogP contribution in [0.1, 0.15) is 13.8 Å². The third-order valence-electron chi connectivity index (χ3n) is 3.34. The van der Waals surface area contributed by atoms with Crippen molar-refractivity contribution in [2.24, 2.45) is 5.73 Å². The van der Waals surface area contributed by atoms with Crippen molar-refractivity contribution in [3.8, 4) is 0 Å². The second-order valence-electron chi connectivity index (χ2n) is 4.95. The normalized spacial score (nSPS) is 14.0. The summed E-state index contributed by atoms with van der Waals surface area (Å²) >= 11 is 1.74. The van der Waals surface area contributed by atoms with Gasteiger partial charge >= 0.3 is 0 Å². The van der Waals surface area contributed by atoms with Gasteiger partial charge in [0.25, 0.3) is 0 Å². The fraction of sp³-hybridized carbons (Fsp3) is 0.429. The van der Waals surface area contributed by atoms with Crippen LogP contribution in [0.5, 0.6) is 0 Å². The third kappa shape index (κ3) is 2.88. The van der Waals surface area contributed by atoms with Crippen LogP contribution in [0.15, 0.2) is 35.4 Å². The molecule has 2 aromatic rings. The maximum Gasteiger partial charge on any atom is 0.0781 e. The number of aromatic nitrogens is 1. The summed E-state index contributed by atoms with van der Waals surface area (Å²) in [6.07, 6.45) is 0. The van der Waals surface area contributed by atoms with Crippen molar-refractivity contribution < 1.29 is 4.74 Å². The lowest BCUT2D eigenvalue weighted by Gasteiger charge is -2.29. The number of aromatic amines is 1. The first kappa shape index (κ1) is 13.5. The molecule has 3 N–H and O–H groups in total. The molecule has 0 aliphatic heterocycles. The number of hydrogen-bond donors (Lipinski definition) is 2. The summed E-state index contributed by atoms with van der Waals surface area (Å²) in [6.45, 7) is 4.03. The van der Waals surface area contributed by atoms with Gasteiger partial charge in [0.15, 0.2) is 0 Å². The van der Waals surface area contributed by atoms with Gasteiger partial charge in [-0.1, -0.05) is 18.2 Å². The number of benzene rings is 1. The van der Waals surface area contributed by atoms with Crippen LogP contribution in [-0.2, 0) is 4.74 Å². The van der Waals surface area contributed by atoms with E-state index in [4.69, 9.17) is 10.5 Å². The lowest BCUT2D eigenvalue weighted by molar-refractivity contribution is 0.00667. The van der Waals surface area contributed by atoms with Crippen LogP contribution in [0.2, 0.25) is 0 Å². The molecule has 18 heavy (non-hydrogen) atoms. The first-order chi connectivity index (χ1) is 8.53. The molecular formula is C14H20N2OS. The molecule has 0 saturated carbocycles. The van der Waals surface area contributed by atoms with Crippen LogP contribution in [0.3, 0.4) is 0 Å². The summed E-state index contributed by atoms with van der Waals surface area (Å²) in [7, 11) is 1.70. The number of H-pyrrole nitrogens is 1. The lowest BCUT2D eigenvalue weighted by atomic mass is 10.0. The molecule has 98 valence electrons. The van der Waals surface area contributed by atoms with E-state index in [-0.39, 0.29) is 11.6 Å². The molecule has 0 fully saturated rings. The van der Waals surface area contributed by atoms with Gasteiger partial charge in [0, 0.05) is 29.8 Å². The molecule has 1 atom stereocenters. The van der Waals surface area contributed by atoms with E-state index in [1.54, 1.807) is 18.9 Å². The largest absolute Gasteiger partial charge is 0.377 e. The Hall–Kier alpha value is -0.970. The molecule has 2 rings (SSSR count). The van der Waals surface area contributed by atoms with Gasteiger partial charge in [-0.15, -0.1) is 11.8 Å². The minimum atomic E-state index is -0.293. The van der Waals surface area contributed by atoms with Gasteiger partial charge in [0.05, 0.1) is 10.6 Å². The Morgan fingerprint density at radius 3 is 2.78 bits per heavy atom. The summed E-state index contributed by atoms with van der Waals surface area (Å²) in [4.78, 5) is 3.39. The first-order valence-corrected chi connectivity index (χ1v) is 7.03. The Labute approximate surface area is 112 Å². The van der Waals surface area contributed by atoms with Crippen molar-refractivity contribution in [1.82, 2.24) is 4.98 Å². The van der Waals surface area contributed by atoms with E-state index in [2.05, 4.69) is 23.2 Å². The number of rotatable bonds is 5. The minimum absolute atomic E-state index is 0.00101. The molecule has 0 radical (unpaired) electrons. The van der Waals surface area contributed by atoms with E-state index in [1.165, 1.54) is 10.9 Å². The zero-order chi connectivity index (χ0) is 13.2. The monoisotopic (exact) mass is 264 g/mol. The Morgan fingerprint density at radius 1 is 1.39 bits per heavy atom. The highest BCUT2D eigenvalue weighted by molar-refractivity contribution is 7.99. The SMILES string of the molecule is COC(C)(C)C(N)CSc1cc2ccccc2[nH]1. The smallest absolute Gasteiger partial charge is 0.0781 e. The highest BCUT2D eigenvalue weighted by atomic mass is 32.2. The second-order valence-corrected chi connectivity index (χ2v) is 6.01. The predicted molar refractivity (Wildman–Crippen MR) is 78.1 cm³/mol. The van der Waals surface area contributed by atoms with Crippen molar-refractivity contribution >= 4 is 22.7 Å². The van der Waals surface area contributed by atoms with E-state index < -0.39 is 0 Å². The average molecular weight is 264 g/mol. The Balaban J connectivity index is 2.02. The van der Waals surface area contributed by atoms with Gasteiger partial charge in [-0.3, -0.25) is 0 Å². The molecule has 0 spiro atoms. The average Bonchev–Trinajstić information content (AvgIpc) is 2.78. The highest BCUT2D eigenvalue weighted by Crippen LogP contribution is 2.25. The van der Waals surface area contributed by atoms with Gasteiger partial charge in [-0.05, 0) is 26.0 Å². The number of methoxy groups -OCH3 is 1. The molecule has 0 saturated heterocycles. The molecular weight excluding hydrogens is 244 g/mol. The molecule has 1 aromatic carbocycles. The molecule has 1 unspecified atom stereocenters. The number of nitrogens with two attached hydrogens (primary N) is 1. The van der Waals surface area contributed by atoms with Gasteiger partial charge in [-0.25, -0.2) is 0 Å². The van der Waals surface area contributed by atoms with Gasteiger partial charge < -0.3 is 15.5 Å². The molecule has 3 nitrogen and oxygen atoms in total. The minimum Gasteiger partial charge on any atom is -0.377 e. The molecule has 0 amide bonds. The van der Waals surface area contributed by atoms with Crippen LogP contribution in [0, 0.1) is 0 Å². The number of nitrogens with one attached hydrogen (secondary N) is 1. The molecule has 1 aromatic heterocycles. The van der Waals surface area contributed by atoms with E-state index >= 15 is 0 Å². The summed E-state index contributed by atoms with van der Waals surface area (Å²) in [5.74, 6) is 0.827. The zero-order valence-electron chi connectivity index (χ0n) is 11.1.